The molecule has 1 aliphatic heterocycles. The minimum atomic E-state index is -0.523. The highest BCUT2D eigenvalue weighted by Gasteiger charge is 2.35. The predicted molar refractivity (Wildman–Crippen MR) is 101 cm³/mol. The fraction of sp³-hybridized carbons (Fsp3) is 0.190. The number of halogens is 1. The van der Waals surface area contributed by atoms with Gasteiger partial charge >= 0.3 is 0 Å². The first-order chi connectivity index (χ1) is 13.4. The van der Waals surface area contributed by atoms with Crippen molar-refractivity contribution in [2.75, 3.05) is 13.7 Å². The molecule has 0 fully saturated rings. The molecule has 28 heavy (non-hydrogen) atoms. The molecule has 2 aromatic carbocycles. The minimum Gasteiger partial charge on any atom is -0.494 e. The van der Waals surface area contributed by atoms with Crippen LogP contribution in [-0.4, -0.2) is 36.3 Å². The van der Waals surface area contributed by atoms with Crippen LogP contribution in [0.25, 0.3) is 0 Å². The molecule has 0 saturated carbocycles. The van der Waals surface area contributed by atoms with Gasteiger partial charge < -0.3 is 10.1 Å². The third-order valence-electron chi connectivity index (χ3n) is 4.57. The maximum atomic E-state index is 13.9. The third kappa shape index (κ3) is 3.38. The number of fused-ring (bicyclic) bond motifs is 1. The molecule has 144 valence electrons. The summed E-state index contributed by atoms with van der Waals surface area (Å²) in [6, 6.07) is 8.31. The number of rotatable bonds is 6. The van der Waals surface area contributed by atoms with E-state index in [1.54, 1.807) is 13.0 Å². The summed E-state index contributed by atoms with van der Waals surface area (Å²) in [6.45, 7) is 5.36. The molecule has 0 radical (unpaired) electrons. The van der Waals surface area contributed by atoms with Crippen molar-refractivity contribution in [3.8, 4) is 5.75 Å². The van der Waals surface area contributed by atoms with Crippen LogP contribution in [0, 0.1) is 5.82 Å². The van der Waals surface area contributed by atoms with Crippen molar-refractivity contribution >= 4 is 17.7 Å². The lowest BCUT2D eigenvalue weighted by Gasteiger charge is -2.15. The number of hydrogen-bond donors (Lipinski definition) is 1. The van der Waals surface area contributed by atoms with Crippen LogP contribution in [-0.2, 0) is 0 Å². The Labute approximate surface area is 161 Å². The van der Waals surface area contributed by atoms with E-state index in [0.717, 1.165) is 4.90 Å². The Morgan fingerprint density at radius 3 is 2.57 bits per heavy atom. The number of carbonyl (C=O) groups is 3. The molecule has 3 rings (SSSR count). The van der Waals surface area contributed by atoms with E-state index in [2.05, 4.69) is 11.9 Å². The van der Waals surface area contributed by atoms with E-state index in [4.69, 9.17) is 4.74 Å². The van der Waals surface area contributed by atoms with Crippen LogP contribution >= 0.6 is 0 Å². The largest absolute Gasteiger partial charge is 0.494 e. The van der Waals surface area contributed by atoms with Gasteiger partial charge in [-0.2, -0.15) is 0 Å². The highest BCUT2D eigenvalue weighted by Crippen LogP contribution is 2.25. The van der Waals surface area contributed by atoms with E-state index >= 15 is 0 Å². The van der Waals surface area contributed by atoms with Crippen molar-refractivity contribution in [2.24, 2.45) is 0 Å². The molecule has 0 saturated heterocycles. The van der Waals surface area contributed by atoms with Crippen molar-refractivity contribution in [3.63, 3.8) is 0 Å². The van der Waals surface area contributed by atoms with Gasteiger partial charge in [-0.05, 0) is 42.8 Å². The summed E-state index contributed by atoms with van der Waals surface area (Å²) in [5.74, 6) is -1.71. The molecule has 2 aromatic rings. The third-order valence-corrected chi connectivity index (χ3v) is 4.57. The first kappa shape index (κ1) is 19.3. The summed E-state index contributed by atoms with van der Waals surface area (Å²) < 4.78 is 18.8. The number of nitrogens with one attached hydrogen (secondary N) is 1. The van der Waals surface area contributed by atoms with Crippen LogP contribution < -0.4 is 10.1 Å². The monoisotopic (exact) mass is 382 g/mol. The molecule has 0 spiro atoms. The van der Waals surface area contributed by atoms with Crippen LogP contribution in [0.15, 0.2) is 49.1 Å². The van der Waals surface area contributed by atoms with Crippen LogP contribution in [0.3, 0.4) is 0 Å². The maximum absolute atomic E-state index is 13.9. The topological polar surface area (TPSA) is 75.7 Å². The van der Waals surface area contributed by atoms with Crippen LogP contribution in [0.4, 0.5) is 4.39 Å². The number of carbonyl (C=O) groups excluding carboxylic acids is 3. The number of nitrogens with zero attached hydrogens (tertiary/aromatic N) is 1. The second-order valence-corrected chi connectivity index (χ2v) is 6.36. The highest BCUT2D eigenvalue weighted by atomic mass is 19.1. The Kier molecular flexibility index (Phi) is 5.26. The van der Waals surface area contributed by atoms with Crippen molar-refractivity contribution in [3.05, 3.63) is 77.1 Å². The number of ether oxygens (including phenoxy) is 1. The Bertz CT molecular complexity index is 986. The zero-order valence-electron chi connectivity index (χ0n) is 15.5. The first-order valence-electron chi connectivity index (χ1n) is 8.62. The summed E-state index contributed by atoms with van der Waals surface area (Å²) in [5, 5.41) is 2.76. The number of imide groups is 1. The first-order valence-corrected chi connectivity index (χ1v) is 8.62. The van der Waals surface area contributed by atoms with Crippen molar-refractivity contribution in [1.29, 1.82) is 0 Å². The normalized spacial score (nSPS) is 13.9. The van der Waals surface area contributed by atoms with Gasteiger partial charge in [-0.1, -0.05) is 12.1 Å². The number of benzene rings is 2. The number of methoxy groups -OCH3 is 1. The van der Waals surface area contributed by atoms with Crippen molar-refractivity contribution in [1.82, 2.24) is 10.2 Å². The second-order valence-electron chi connectivity index (χ2n) is 6.36. The predicted octanol–water partition coefficient (Wildman–Crippen LogP) is 3.11. The quantitative estimate of drug-likeness (QED) is 0.615. The van der Waals surface area contributed by atoms with Gasteiger partial charge in [0, 0.05) is 12.1 Å². The lowest BCUT2D eigenvalue weighted by Crippen LogP contribution is -2.29. The van der Waals surface area contributed by atoms with Gasteiger partial charge in [-0.3, -0.25) is 19.3 Å². The molecule has 1 heterocycles. The van der Waals surface area contributed by atoms with E-state index < -0.39 is 29.6 Å². The Morgan fingerprint density at radius 2 is 1.93 bits per heavy atom. The van der Waals surface area contributed by atoms with Gasteiger partial charge in [-0.25, -0.2) is 4.39 Å². The van der Waals surface area contributed by atoms with Crippen LogP contribution in [0.2, 0.25) is 0 Å². The lowest BCUT2D eigenvalue weighted by atomic mass is 10.0. The molecule has 6 nitrogen and oxygen atoms in total. The highest BCUT2D eigenvalue weighted by molar-refractivity contribution is 6.22. The molecule has 3 amide bonds. The van der Waals surface area contributed by atoms with E-state index in [1.165, 1.54) is 43.5 Å². The van der Waals surface area contributed by atoms with Gasteiger partial charge in [0.05, 0.1) is 24.3 Å². The number of hydrogen-bond acceptors (Lipinski definition) is 4. The smallest absolute Gasteiger partial charge is 0.261 e. The molecular weight excluding hydrogens is 363 g/mol. The average Bonchev–Trinajstić information content (AvgIpc) is 2.92. The van der Waals surface area contributed by atoms with Crippen molar-refractivity contribution < 1.29 is 23.5 Å². The summed E-state index contributed by atoms with van der Waals surface area (Å²) in [6.07, 6.45) is 1.46. The van der Waals surface area contributed by atoms with Gasteiger partial charge in [0.25, 0.3) is 17.7 Å². The standard InChI is InChI=1S/C21H19FN2O4/c1-4-9-24-20(26)15-7-5-14(10-16(15)21(24)27)19(25)23-12(2)13-6-8-18(28-3)17(22)11-13/h4-8,10-12H,1,9H2,2-3H3,(H,23,25)/t12-/m1/s1. The zero-order chi connectivity index (χ0) is 20.4. The van der Waals surface area contributed by atoms with E-state index in [0.29, 0.717) is 5.56 Å². The molecule has 0 aromatic heterocycles. The Balaban J connectivity index is 1.79. The zero-order valence-corrected chi connectivity index (χ0v) is 15.5. The maximum Gasteiger partial charge on any atom is 0.261 e. The molecular formula is C21H19FN2O4. The van der Waals surface area contributed by atoms with Gasteiger partial charge in [0.1, 0.15) is 0 Å². The summed E-state index contributed by atoms with van der Waals surface area (Å²) in [5.41, 5.74) is 1.24. The van der Waals surface area contributed by atoms with Gasteiger partial charge in [0.2, 0.25) is 0 Å². The average molecular weight is 382 g/mol. The van der Waals surface area contributed by atoms with Crippen molar-refractivity contribution in [2.45, 2.75) is 13.0 Å². The van der Waals surface area contributed by atoms with E-state index in [1.807, 2.05) is 0 Å². The molecule has 1 N–H and O–H groups in total. The Hall–Kier alpha value is -3.48. The molecule has 7 heteroatoms. The summed E-state index contributed by atoms with van der Waals surface area (Å²) in [4.78, 5) is 38.3. The molecule has 0 bridgehead atoms. The Morgan fingerprint density at radius 1 is 1.21 bits per heavy atom. The van der Waals surface area contributed by atoms with E-state index in [-0.39, 0.29) is 29.0 Å². The minimum absolute atomic E-state index is 0.105. The second kappa shape index (κ2) is 7.64. The molecule has 1 aliphatic rings. The van der Waals surface area contributed by atoms with Gasteiger partial charge in [0.15, 0.2) is 11.6 Å². The fourth-order valence-electron chi connectivity index (χ4n) is 3.04. The van der Waals surface area contributed by atoms with E-state index in [9.17, 15) is 18.8 Å². The van der Waals surface area contributed by atoms with Crippen LogP contribution in [0.5, 0.6) is 5.75 Å². The molecule has 0 aliphatic carbocycles. The van der Waals surface area contributed by atoms with Crippen LogP contribution in [0.1, 0.15) is 49.6 Å². The molecule has 0 unspecified atom stereocenters. The fourth-order valence-corrected chi connectivity index (χ4v) is 3.04. The lowest BCUT2D eigenvalue weighted by molar-refractivity contribution is 0.0672. The molecule has 1 atom stereocenters. The van der Waals surface area contributed by atoms with Gasteiger partial charge in [-0.15, -0.1) is 6.58 Å². The summed E-state index contributed by atoms with van der Waals surface area (Å²) in [7, 11) is 1.37. The summed E-state index contributed by atoms with van der Waals surface area (Å²) >= 11 is 0. The number of amides is 3. The SMILES string of the molecule is C=CCN1C(=O)c2ccc(C(=O)N[C@H](C)c3ccc(OC)c(F)c3)cc2C1=O.